The van der Waals surface area contributed by atoms with Gasteiger partial charge in [-0.25, -0.2) is 9.59 Å². The van der Waals surface area contributed by atoms with Crippen LogP contribution in [-0.4, -0.2) is 26.2 Å². The second-order valence-corrected chi connectivity index (χ2v) is 11.3. The van der Waals surface area contributed by atoms with Gasteiger partial charge in [-0.2, -0.15) is 0 Å². The Kier molecular flexibility index (Phi) is 8.82. The van der Waals surface area contributed by atoms with E-state index in [1.54, 1.807) is 0 Å². The molecule has 218 valence electrons. The lowest BCUT2D eigenvalue weighted by Crippen LogP contribution is -2.18. The number of carbonyl (C=O) groups excluding carboxylic acids is 2. The predicted molar refractivity (Wildman–Crippen MR) is 175 cm³/mol. The van der Waals surface area contributed by atoms with Gasteiger partial charge in [0.15, 0.2) is 0 Å². The summed E-state index contributed by atoms with van der Waals surface area (Å²) in [5.41, 5.74) is 5.18. The van der Waals surface area contributed by atoms with Crippen LogP contribution in [0.1, 0.15) is 96.3 Å². The van der Waals surface area contributed by atoms with Crippen LogP contribution in [0, 0.1) is 0 Å². The van der Waals surface area contributed by atoms with Gasteiger partial charge in [0, 0.05) is 0 Å². The summed E-state index contributed by atoms with van der Waals surface area (Å²) < 4.78 is 10.6. The minimum absolute atomic E-state index is 0.360. The van der Waals surface area contributed by atoms with Gasteiger partial charge in [0.25, 0.3) is 0 Å². The van der Waals surface area contributed by atoms with Crippen molar-refractivity contribution >= 4 is 55.0 Å². The van der Waals surface area contributed by atoms with Crippen LogP contribution in [0.4, 0.5) is 0 Å². The fourth-order valence-corrected chi connectivity index (χ4v) is 6.91. The Morgan fingerprint density at radius 2 is 0.810 bits per heavy atom. The molecular weight excluding hydrogens is 520 g/mol. The molecule has 0 aliphatic rings. The van der Waals surface area contributed by atoms with Gasteiger partial charge in [-0.15, -0.1) is 0 Å². The molecule has 0 aliphatic carbocycles. The molecule has 0 atom stereocenters. The highest BCUT2D eigenvalue weighted by Crippen LogP contribution is 2.42. The number of carbonyl (C=O) groups is 2. The monoisotopic (exact) mass is 562 g/mol. The van der Waals surface area contributed by atoms with E-state index in [0.29, 0.717) is 24.0 Å². The van der Waals surface area contributed by atoms with Crippen molar-refractivity contribution < 1.29 is 19.1 Å². The number of aryl methyl sites for hydroxylation is 4. The number of hydrogen-bond donors (Lipinski definition) is 0. The Hall–Kier alpha value is -3.92. The maximum Gasteiger partial charge on any atom is 0.339 e. The van der Waals surface area contributed by atoms with Gasteiger partial charge in [0.2, 0.25) is 0 Å². The second-order valence-electron chi connectivity index (χ2n) is 11.3. The van der Waals surface area contributed by atoms with Crippen LogP contribution < -0.4 is 0 Å². The number of ether oxygens (including phenoxy) is 2. The van der Waals surface area contributed by atoms with E-state index in [4.69, 9.17) is 9.47 Å². The summed E-state index contributed by atoms with van der Waals surface area (Å²) in [6, 6.07) is 18.0. The molecule has 0 heterocycles. The number of fused-ring (bicyclic) bond motifs is 4. The SMILES string of the molecule is CCCc1c(C(=O)OC)c(C(=O)OC)c(CCC)c2cc3c(CCC)c4cc5ccccc5cc4c(CCC)c3cc12. The molecule has 0 unspecified atom stereocenters. The van der Waals surface area contributed by atoms with E-state index in [0.717, 1.165) is 60.4 Å². The average Bonchev–Trinajstić information content (AvgIpc) is 3.01. The van der Waals surface area contributed by atoms with Gasteiger partial charge in [0.1, 0.15) is 0 Å². The Bertz CT molecular complexity index is 1700. The summed E-state index contributed by atoms with van der Waals surface area (Å²) in [6.45, 7) is 8.68. The number of hydrogen-bond acceptors (Lipinski definition) is 4. The van der Waals surface area contributed by atoms with Gasteiger partial charge in [0.05, 0.1) is 25.3 Å². The molecule has 0 bridgehead atoms. The molecular formula is C38H42O4. The van der Waals surface area contributed by atoms with Crippen LogP contribution in [0.5, 0.6) is 0 Å². The third-order valence-corrected chi connectivity index (χ3v) is 8.63. The summed E-state index contributed by atoms with van der Waals surface area (Å²) >= 11 is 0. The maximum atomic E-state index is 13.4. The van der Waals surface area contributed by atoms with Gasteiger partial charge < -0.3 is 9.47 Å². The minimum atomic E-state index is -0.483. The van der Waals surface area contributed by atoms with Crippen LogP contribution in [0.2, 0.25) is 0 Å². The molecule has 5 aromatic carbocycles. The van der Waals surface area contributed by atoms with Crippen LogP contribution >= 0.6 is 0 Å². The van der Waals surface area contributed by atoms with E-state index in [2.05, 4.69) is 76.2 Å². The topological polar surface area (TPSA) is 52.6 Å². The molecule has 4 nitrogen and oxygen atoms in total. The van der Waals surface area contributed by atoms with Crippen LogP contribution in [0.25, 0.3) is 43.1 Å². The number of esters is 2. The molecule has 4 heteroatoms. The minimum Gasteiger partial charge on any atom is -0.465 e. The number of rotatable bonds is 10. The first-order valence-electron chi connectivity index (χ1n) is 15.5. The second kappa shape index (κ2) is 12.5. The summed E-state index contributed by atoms with van der Waals surface area (Å²) in [5, 5.41) is 9.71. The average molecular weight is 563 g/mol. The molecule has 42 heavy (non-hydrogen) atoms. The molecule has 0 spiro atoms. The molecule has 0 amide bonds. The lowest BCUT2D eigenvalue weighted by molar-refractivity contribution is 0.0553. The molecule has 5 rings (SSSR count). The molecule has 0 aliphatic heterocycles. The Morgan fingerprint density at radius 1 is 0.500 bits per heavy atom. The zero-order valence-corrected chi connectivity index (χ0v) is 25.9. The van der Waals surface area contributed by atoms with Crippen molar-refractivity contribution in [1.82, 2.24) is 0 Å². The maximum absolute atomic E-state index is 13.4. The van der Waals surface area contributed by atoms with Crippen molar-refractivity contribution in [1.29, 1.82) is 0 Å². The van der Waals surface area contributed by atoms with E-state index < -0.39 is 11.9 Å². The van der Waals surface area contributed by atoms with Crippen LogP contribution in [0.3, 0.4) is 0 Å². The quantitative estimate of drug-likeness (QED) is 0.126. The first-order valence-corrected chi connectivity index (χ1v) is 15.5. The van der Waals surface area contributed by atoms with E-state index in [-0.39, 0.29) is 0 Å². The first-order chi connectivity index (χ1) is 20.4. The third kappa shape index (κ3) is 4.91. The fourth-order valence-electron chi connectivity index (χ4n) is 6.91. The smallest absolute Gasteiger partial charge is 0.339 e. The third-order valence-electron chi connectivity index (χ3n) is 8.63. The van der Waals surface area contributed by atoms with Gasteiger partial charge in [-0.3, -0.25) is 0 Å². The molecule has 5 aromatic rings. The zero-order valence-electron chi connectivity index (χ0n) is 25.9. The van der Waals surface area contributed by atoms with Crippen molar-refractivity contribution in [3.8, 4) is 0 Å². The van der Waals surface area contributed by atoms with Crippen LogP contribution in [-0.2, 0) is 35.2 Å². The van der Waals surface area contributed by atoms with E-state index in [9.17, 15) is 9.59 Å². The summed E-state index contributed by atoms with van der Waals surface area (Å²) in [7, 11) is 2.77. The molecule has 0 N–H and O–H groups in total. The molecule has 0 saturated carbocycles. The van der Waals surface area contributed by atoms with Crippen molar-refractivity contribution in [3.05, 3.63) is 81.9 Å². The van der Waals surface area contributed by atoms with Crippen molar-refractivity contribution in [2.45, 2.75) is 79.1 Å². The fraction of sp³-hybridized carbons (Fsp3) is 0.368. The Morgan fingerprint density at radius 3 is 1.14 bits per heavy atom. The van der Waals surface area contributed by atoms with Crippen molar-refractivity contribution in [3.63, 3.8) is 0 Å². The van der Waals surface area contributed by atoms with Gasteiger partial charge in [-0.1, -0.05) is 77.6 Å². The Balaban J connectivity index is 2.08. The summed E-state index contributed by atoms with van der Waals surface area (Å²) in [5.74, 6) is -0.965. The Labute approximate surface area is 249 Å². The standard InChI is InChI=1S/C38H42O4/c1-7-13-25-29-19-23-17-11-12-18-24(23)20-30(29)26(14-8-2)32-22-34-28(16-10-4)36(38(40)42-6)35(37(39)41-5)27(15-9-3)33(34)21-31(25)32/h11-12,17-22H,7-10,13-16H2,1-6H3. The lowest BCUT2D eigenvalue weighted by atomic mass is 9.81. The molecule has 0 radical (unpaired) electrons. The van der Waals surface area contributed by atoms with E-state index in [1.165, 1.54) is 57.7 Å². The molecule has 0 saturated heterocycles. The predicted octanol–water partition coefficient (Wildman–Crippen LogP) is 9.68. The zero-order chi connectivity index (χ0) is 30.0. The first kappa shape index (κ1) is 29.6. The van der Waals surface area contributed by atoms with Crippen molar-refractivity contribution in [2.24, 2.45) is 0 Å². The molecule has 0 aromatic heterocycles. The largest absolute Gasteiger partial charge is 0.465 e. The van der Waals surface area contributed by atoms with Crippen LogP contribution in [0.15, 0.2) is 48.5 Å². The van der Waals surface area contributed by atoms with Crippen molar-refractivity contribution in [2.75, 3.05) is 14.2 Å². The highest BCUT2D eigenvalue weighted by atomic mass is 16.5. The molecule has 0 fully saturated rings. The number of benzene rings is 5. The normalized spacial score (nSPS) is 11.6. The van der Waals surface area contributed by atoms with E-state index >= 15 is 0 Å². The van der Waals surface area contributed by atoms with Gasteiger partial charge >= 0.3 is 11.9 Å². The highest BCUT2D eigenvalue weighted by Gasteiger charge is 2.29. The lowest BCUT2D eigenvalue weighted by Gasteiger charge is -2.23. The van der Waals surface area contributed by atoms with E-state index in [1.807, 2.05) is 0 Å². The summed E-state index contributed by atoms with van der Waals surface area (Å²) in [4.78, 5) is 26.8. The van der Waals surface area contributed by atoms with Gasteiger partial charge in [-0.05, 0) is 115 Å². The summed E-state index contributed by atoms with van der Waals surface area (Å²) in [6.07, 6.45) is 6.95. The number of methoxy groups -OCH3 is 2. The highest BCUT2D eigenvalue weighted by molar-refractivity contribution is 6.17.